The minimum atomic E-state index is -0.245. The van der Waals surface area contributed by atoms with Crippen molar-refractivity contribution in [2.24, 2.45) is 5.73 Å². The van der Waals surface area contributed by atoms with Crippen LogP contribution in [-0.4, -0.2) is 11.7 Å². The van der Waals surface area contributed by atoms with E-state index in [2.05, 4.69) is 0 Å². The molecule has 0 saturated heterocycles. The number of aliphatic hydroxyl groups excluding tert-OH is 1. The predicted octanol–water partition coefficient (Wildman–Crippen LogP) is 3.30. The maximum absolute atomic E-state index is 13.7. The number of rotatable bonds is 4. The fourth-order valence-corrected chi connectivity index (χ4v) is 1.94. The molecule has 2 nitrogen and oxygen atoms in total. The highest BCUT2D eigenvalue weighted by atomic mass is 35.5. The van der Waals surface area contributed by atoms with Gasteiger partial charge in [-0.1, -0.05) is 36.4 Å². The van der Waals surface area contributed by atoms with Crippen molar-refractivity contribution < 1.29 is 9.50 Å². The lowest BCUT2D eigenvalue weighted by Crippen LogP contribution is -2.11. The van der Waals surface area contributed by atoms with Gasteiger partial charge in [-0.15, -0.1) is 12.4 Å². The Morgan fingerprint density at radius 1 is 1.11 bits per heavy atom. The van der Waals surface area contributed by atoms with Crippen LogP contribution in [0.3, 0.4) is 0 Å². The maximum atomic E-state index is 13.7. The van der Waals surface area contributed by atoms with Crippen LogP contribution in [0.15, 0.2) is 48.5 Å². The average molecular weight is 282 g/mol. The Kier molecular flexibility index (Phi) is 5.96. The number of nitrogens with two attached hydrogens (primary N) is 1. The summed E-state index contributed by atoms with van der Waals surface area (Å²) in [6.45, 7) is 0.0467. The molecule has 0 radical (unpaired) electrons. The minimum absolute atomic E-state index is 0. The molecule has 0 spiro atoms. The van der Waals surface area contributed by atoms with E-state index in [9.17, 15) is 4.39 Å². The molecule has 0 aliphatic heterocycles. The van der Waals surface area contributed by atoms with E-state index in [0.717, 1.165) is 11.1 Å². The Morgan fingerprint density at radius 2 is 1.84 bits per heavy atom. The number of hydrogen-bond donors (Lipinski definition) is 2. The molecule has 3 N–H and O–H groups in total. The lowest BCUT2D eigenvalue weighted by molar-refractivity contribution is 0.276. The van der Waals surface area contributed by atoms with Gasteiger partial charge in [-0.2, -0.15) is 0 Å². The smallest absolute Gasteiger partial charge is 0.131 e. The molecule has 102 valence electrons. The molecule has 0 heterocycles. The fourth-order valence-electron chi connectivity index (χ4n) is 1.94. The molecule has 0 bridgehead atoms. The normalized spacial score (nSPS) is 11.7. The molecule has 0 aromatic heterocycles. The van der Waals surface area contributed by atoms with Crippen molar-refractivity contribution in [1.82, 2.24) is 0 Å². The van der Waals surface area contributed by atoms with Gasteiger partial charge in [0.25, 0.3) is 0 Å². The molecular weight excluding hydrogens is 265 g/mol. The zero-order chi connectivity index (χ0) is 13.0. The number of benzene rings is 2. The van der Waals surface area contributed by atoms with Crippen LogP contribution in [0.4, 0.5) is 4.39 Å². The van der Waals surface area contributed by atoms with E-state index in [1.807, 2.05) is 24.3 Å². The molecular formula is C15H17ClFNO. The third kappa shape index (κ3) is 3.77. The largest absolute Gasteiger partial charge is 0.396 e. The van der Waals surface area contributed by atoms with Gasteiger partial charge in [0, 0.05) is 18.2 Å². The molecule has 1 unspecified atom stereocenters. The molecule has 2 aromatic rings. The van der Waals surface area contributed by atoms with Crippen molar-refractivity contribution in [2.45, 2.75) is 12.5 Å². The minimum Gasteiger partial charge on any atom is -0.396 e. The summed E-state index contributed by atoms with van der Waals surface area (Å²) < 4.78 is 13.7. The van der Waals surface area contributed by atoms with E-state index in [0.29, 0.717) is 12.0 Å². The van der Waals surface area contributed by atoms with Gasteiger partial charge < -0.3 is 10.8 Å². The molecule has 2 rings (SSSR count). The van der Waals surface area contributed by atoms with Crippen LogP contribution in [0.5, 0.6) is 0 Å². The zero-order valence-corrected chi connectivity index (χ0v) is 11.2. The summed E-state index contributed by atoms with van der Waals surface area (Å²) >= 11 is 0. The first-order valence-electron chi connectivity index (χ1n) is 5.93. The SMILES string of the molecule is Cl.NC(CCO)c1cccc(-c2ccccc2F)c1. The van der Waals surface area contributed by atoms with Crippen LogP contribution in [0.1, 0.15) is 18.0 Å². The first kappa shape index (κ1) is 15.6. The molecule has 2 aromatic carbocycles. The van der Waals surface area contributed by atoms with Gasteiger partial charge in [-0.3, -0.25) is 0 Å². The molecule has 19 heavy (non-hydrogen) atoms. The Labute approximate surface area is 118 Å². The van der Waals surface area contributed by atoms with Crippen LogP contribution in [0, 0.1) is 5.82 Å². The molecule has 0 saturated carbocycles. The van der Waals surface area contributed by atoms with Crippen molar-refractivity contribution in [1.29, 1.82) is 0 Å². The maximum Gasteiger partial charge on any atom is 0.131 e. The van der Waals surface area contributed by atoms with E-state index < -0.39 is 0 Å². The van der Waals surface area contributed by atoms with Gasteiger partial charge in [0.15, 0.2) is 0 Å². The van der Waals surface area contributed by atoms with Gasteiger partial charge in [0.2, 0.25) is 0 Å². The second-order valence-electron chi connectivity index (χ2n) is 4.22. The van der Waals surface area contributed by atoms with Crippen LogP contribution in [0.2, 0.25) is 0 Å². The van der Waals surface area contributed by atoms with Crippen LogP contribution < -0.4 is 5.73 Å². The summed E-state index contributed by atoms with van der Waals surface area (Å²) in [5, 5.41) is 8.89. The molecule has 0 aliphatic rings. The number of aliphatic hydroxyl groups is 1. The fraction of sp³-hybridized carbons (Fsp3) is 0.200. The highest BCUT2D eigenvalue weighted by Gasteiger charge is 2.08. The predicted molar refractivity (Wildman–Crippen MR) is 77.7 cm³/mol. The summed E-state index contributed by atoms with van der Waals surface area (Å²) in [6, 6.07) is 13.9. The highest BCUT2D eigenvalue weighted by Crippen LogP contribution is 2.25. The van der Waals surface area contributed by atoms with Crippen molar-refractivity contribution >= 4 is 12.4 Å². The van der Waals surface area contributed by atoms with E-state index in [-0.39, 0.29) is 30.9 Å². The summed E-state index contributed by atoms with van der Waals surface area (Å²) in [4.78, 5) is 0. The molecule has 1 atom stereocenters. The Morgan fingerprint density at radius 3 is 2.53 bits per heavy atom. The van der Waals surface area contributed by atoms with Crippen molar-refractivity contribution in [3.05, 3.63) is 59.9 Å². The average Bonchev–Trinajstić information content (AvgIpc) is 2.40. The monoisotopic (exact) mass is 281 g/mol. The standard InChI is InChI=1S/C15H16FNO.ClH/c16-14-7-2-1-6-13(14)11-4-3-5-12(10-11)15(17)8-9-18;/h1-7,10,15,18H,8-9,17H2;1H. The first-order valence-corrected chi connectivity index (χ1v) is 5.93. The van der Waals surface area contributed by atoms with Crippen LogP contribution in [0.25, 0.3) is 11.1 Å². The molecule has 4 heteroatoms. The van der Waals surface area contributed by atoms with Crippen molar-refractivity contribution in [3.63, 3.8) is 0 Å². The summed E-state index contributed by atoms with van der Waals surface area (Å²) in [5.41, 5.74) is 8.21. The van der Waals surface area contributed by atoms with E-state index in [1.165, 1.54) is 6.07 Å². The topological polar surface area (TPSA) is 46.2 Å². The molecule has 0 fully saturated rings. The third-order valence-corrected chi connectivity index (χ3v) is 2.94. The van der Waals surface area contributed by atoms with E-state index in [1.54, 1.807) is 18.2 Å². The Balaban J connectivity index is 0.00000180. The van der Waals surface area contributed by atoms with E-state index >= 15 is 0 Å². The Bertz CT molecular complexity index is 533. The van der Waals surface area contributed by atoms with E-state index in [4.69, 9.17) is 10.8 Å². The lowest BCUT2D eigenvalue weighted by Gasteiger charge is -2.12. The highest BCUT2D eigenvalue weighted by molar-refractivity contribution is 5.85. The summed E-state index contributed by atoms with van der Waals surface area (Å²) in [7, 11) is 0. The third-order valence-electron chi connectivity index (χ3n) is 2.94. The van der Waals surface area contributed by atoms with Crippen molar-refractivity contribution in [2.75, 3.05) is 6.61 Å². The van der Waals surface area contributed by atoms with Crippen LogP contribution in [-0.2, 0) is 0 Å². The summed E-state index contributed by atoms with van der Waals surface area (Å²) in [5.74, 6) is -0.245. The zero-order valence-electron chi connectivity index (χ0n) is 10.4. The molecule has 0 aliphatic carbocycles. The first-order chi connectivity index (χ1) is 8.72. The van der Waals surface area contributed by atoms with Gasteiger partial charge >= 0.3 is 0 Å². The van der Waals surface area contributed by atoms with Gasteiger partial charge in [-0.05, 0) is 29.7 Å². The van der Waals surface area contributed by atoms with Gasteiger partial charge in [-0.25, -0.2) is 4.39 Å². The lowest BCUT2D eigenvalue weighted by atomic mass is 9.98. The second-order valence-corrected chi connectivity index (χ2v) is 4.22. The van der Waals surface area contributed by atoms with Crippen LogP contribution >= 0.6 is 12.4 Å². The second kappa shape index (κ2) is 7.24. The summed E-state index contributed by atoms with van der Waals surface area (Å²) in [6.07, 6.45) is 0.501. The van der Waals surface area contributed by atoms with Crippen molar-refractivity contribution in [3.8, 4) is 11.1 Å². The quantitative estimate of drug-likeness (QED) is 0.903. The number of halogens is 2. The van der Waals surface area contributed by atoms with Gasteiger partial charge in [0.05, 0.1) is 0 Å². The van der Waals surface area contributed by atoms with Gasteiger partial charge in [0.1, 0.15) is 5.82 Å². The Hall–Kier alpha value is -1.42. The number of hydrogen-bond acceptors (Lipinski definition) is 2. The molecule has 0 amide bonds.